The first-order valence-electron chi connectivity index (χ1n) is 8.98. The van der Waals surface area contributed by atoms with E-state index in [2.05, 4.69) is 0 Å². The van der Waals surface area contributed by atoms with E-state index in [1.54, 1.807) is 43.9 Å². The lowest BCUT2D eigenvalue weighted by Gasteiger charge is -2.43. The maximum atomic E-state index is 14.1. The molecule has 0 N–H and O–H groups in total. The second-order valence-electron chi connectivity index (χ2n) is 7.79. The third-order valence-electron chi connectivity index (χ3n) is 4.35. The maximum Gasteiger partial charge on any atom is 0.410 e. The molecule has 150 valence electrons. The van der Waals surface area contributed by atoms with Crippen LogP contribution >= 0.6 is 11.6 Å². The van der Waals surface area contributed by atoms with E-state index in [1.807, 2.05) is 0 Å². The first-order valence-corrected chi connectivity index (χ1v) is 9.36. The van der Waals surface area contributed by atoms with E-state index in [0.717, 1.165) is 0 Å². The van der Waals surface area contributed by atoms with E-state index in [1.165, 1.54) is 24.3 Å². The van der Waals surface area contributed by atoms with Gasteiger partial charge in [0.15, 0.2) is 11.6 Å². The van der Waals surface area contributed by atoms with Crippen LogP contribution in [0.15, 0.2) is 42.5 Å². The van der Waals surface area contributed by atoms with E-state index in [9.17, 15) is 13.6 Å². The Kier molecular flexibility index (Phi) is 5.79. The molecule has 1 aliphatic heterocycles. The lowest BCUT2D eigenvalue weighted by Crippen LogP contribution is -2.54. The average Bonchev–Trinajstić information content (AvgIpc) is 2.55. The van der Waals surface area contributed by atoms with Crippen LogP contribution in [0.4, 0.5) is 13.6 Å². The van der Waals surface area contributed by atoms with Crippen molar-refractivity contribution in [3.8, 4) is 5.75 Å². The Morgan fingerprint density at radius 1 is 1.14 bits per heavy atom. The number of rotatable bonds is 4. The molecule has 0 aromatic heterocycles. The van der Waals surface area contributed by atoms with Gasteiger partial charge in [-0.1, -0.05) is 29.8 Å². The minimum absolute atomic E-state index is 0.00242. The highest BCUT2D eigenvalue weighted by molar-refractivity contribution is 6.30. The van der Waals surface area contributed by atoms with Crippen molar-refractivity contribution in [1.82, 2.24) is 4.90 Å². The van der Waals surface area contributed by atoms with Gasteiger partial charge in [-0.3, -0.25) is 0 Å². The number of ether oxygens (including phenoxy) is 2. The van der Waals surface area contributed by atoms with Crippen molar-refractivity contribution in [3.63, 3.8) is 0 Å². The molecule has 0 saturated carbocycles. The number of halogens is 3. The quantitative estimate of drug-likeness (QED) is 0.659. The highest BCUT2D eigenvalue weighted by atomic mass is 35.5. The Labute approximate surface area is 168 Å². The molecule has 1 amide bonds. The van der Waals surface area contributed by atoms with Gasteiger partial charge in [-0.05, 0) is 50.6 Å². The number of carbonyl (C=O) groups excluding carboxylic acids is 1. The minimum Gasteiger partial charge on any atom is -0.482 e. The molecule has 1 saturated heterocycles. The molecule has 2 aromatic rings. The molecular formula is C21H22ClF2NO3. The van der Waals surface area contributed by atoms with E-state index in [-0.39, 0.29) is 16.7 Å². The van der Waals surface area contributed by atoms with Gasteiger partial charge in [0.05, 0.1) is 5.02 Å². The second-order valence-corrected chi connectivity index (χ2v) is 8.20. The smallest absolute Gasteiger partial charge is 0.410 e. The molecule has 2 aromatic carbocycles. The Morgan fingerprint density at radius 3 is 2.43 bits per heavy atom. The number of para-hydroxylation sites is 1. The maximum absolute atomic E-state index is 14.1. The van der Waals surface area contributed by atoms with Crippen LogP contribution in [0.5, 0.6) is 5.75 Å². The van der Waals surface area contributed by atoms with E-state index in [4.69, 9.17) is 21.1 Å². The molecule has 0 aliphatic carbocycles. The van der Waals surface area contributed by atoms with Crippen molar-refractivity contribution in [2.45, 2.75) is 32.5 Å². The van der Waals surface area contributed by atoms with Gasteiger partial charge in [0.1, 0.15) is 17.5 Å². The fourth-order valence-electron chi connectivity index (χ4n) is 2.98. The van der Waals surface area contributed by atoms with Crippen LogP contribution < -0.4 is 4.74 Å². The van der Waals surface area contributed by atoms with Crippen LogP contribution in [-0.4, -0.2) is 29.7 Å². The topological polar surface area (TPSA) is 38.8 Å². The van der Waals surface area contributed by atoms with Gasteiger partial charge in [-0.25, -0.2) is 13.6 Å². The van der Waals surface area contributed by atoms with Crippen LogP contribution in [0.25, 0.3) is 0 Å². The zero-order chi connectivity index (χ0) is 20.5. The normalized spacial score (nSPS) is 15.7. The summed E-state index contributed by atoms with van der Waals surface area (Å²) in [5.74, 6) is -1.17. The van der Waals surface area contributed by atoms with Crippen LogP contribution in [0.2, 0.25) is 5.02 Å². The van der Waals surface area contributed by atoms with Gasteiger partial charge in [0.25, 0.3) is 0 Å². The van der Waals surface area contributed by atoms with Crippen molar-refractivity contribution in [1.29, 1.82) is 0 Å². The van der Waals surface area contributed by atoms with Gasteiger partial charge >= 0.3 is 6.09 Å². The van der Waals surface area contributed by atoms with Crippen LogP contribution in [-0.2, 0) is 4.74 Å². The minimum atomic E-state index is -0.637. The molecule has 1 heterocycles. The second kappa shape index (κ2) is 7.95. The number of nitrogens with zero attached hydrogens (tertiary/aromatic N) is 1. The summed E-state index contributed by atoms with van der Waals surface area (Å²) in [6.07, 6.45) is -1.06. The highest BCUT2D eigenvalue weighted by Crippen LogP contribution is 2.36. The fraction of sp³-hybridized carbons (Fsp3) is 0.381. The summed E-state index contributed by atoms with van der Waals surface area (Å²) >= 11 is 5.78. The van der Waals surface area contributed by atoms with Crippen molar-refractivity contribution in [3.05, 3.63) is 64.7 Å². The lowest BCUT2D eigenvalue weighted by molar-refractivity contribution is -0.0261. The molecule has 1 atom stereocenters. The predicted molar refractivity (Wildman–Crippen MR) is 102 cm³/mol. The fourth-order valence-corrected chi connectivity index (χ4v) is 3.10. The largest absolute Gasteiger partial charge is 0.482 e. The zero-order valence-electron chi connectivity index (χ0n) is 15.9. The number of hydrogen-bond donors (Lipinski definition) is 0. The summed E-state index contributed by atoms with van der Waals surface area (Å²) in [6, 6.07) is 10.4. The Bertz CT molecular complexity index is 863. The molecule has 0 spiro atoms. The summed E-state index contributed by atoms with van der Waals surface area (Å²) in [5, 5.41) is -0.00242. The predicted octanol–water partition coefficient (Wildman–Crippen LogP) is 5.61. The van der Waals surface area contributed by atoms with Crippen LogP contribution in [0, 0.1) is 17.6 Å². The molecule has 1 aliphatic rings. The van der Waals surface area contributed by atoms with Crippen LogP contribution in [0.1, 0.15) is 32.4 Å². The van der Waals surface area contributed by atoms with E-state index < -0.39 is 29.4 Å². The molecule has 0 radical (unpaired) electrons. The van der Waals surface area contributed by atoms with Crippen molar-refractivity contribution >= 4 is 17.7 Å². The summed E-state index contributed by atoms with van der Waals surface area (Å²) in [4.78, 5) is 13.7. The highest BCUT2D eigenvalue weighted by Gasteiger charge is 2.40. The molecule has 3 rings (SSSR count). The number of likely N-dealkylation sites (tertiary alicyclic amines) is 1. The number of amides is 1. The van der Waals surface area contributed by atoms with Gasteiger partial charge in [0, 0.05) is 19.0 Å². The van der Waals surface area contributed by atoms with E-state index in [0.29, 0.717) is 18.7 Å². The first-order chi connectivity index (χ1) is 13.1. The Balaban J connectivity index is 1.79. The third-order valence-corrected chi connectivity index (χ3v) is 4.66. The Hall–Kier alpha value is -2.34. The summed E-state index contributed by atoms with van der Waals surface area (Å²) < 4.78 is 39.3. The molecule has 0 bridgehead atoms. The van der Waals surface area contributed by atoms with E-state index >= 15 is 0 Å². The molecule has 1 fully saturated rings. The average molecular weight is 410 g/mol. The summed E-state index contributed by atoms with van der Waals surface area (Å²) in [7, 11) is 0. The van der Waals surface area contributed by atoms with Crippen molar-refractivity contribution in [2.24, 2.45) is 5.92 Å². The van der Waals surface area contributed by atoms with Gasteiger partial charge in [0.2, 0.25) is 0 Å². The van der Waals surface area contributed by atoms with Gasteiger partial charge < -0.3 is 14.4 Å². The molecule has 4 nitrogen and oxygen atoms in total. The first kappa shape index (κ1) is 20.4. The van der Waals surface area contributed by atoms with Gasteiger partial charge in [-0.2, -0.15) is 0 Å². The Morgan fingerprint density at radius 2 is 1.82 bits per heavy atom. The molecule has 7 heteroatoms. The summed E-state index contributed by atoms with van der Waals surface area (Å²) in [5.41, 5.74) is -0.0659. The third kappa shape index (κ3) is 4.73. The lowest BCUT2D eigenvalue weighted by atomic mass is 9.89. The number of carbonyl (C=O) groups is 1. The standard InChI is InChI=1S/C21H22ClF2NO3/c1-21(2,3)28-20(26)25-11-14(12-25)19(13-8-9-15(22)17(24)10-13)27-18-7-5-4-6-16(18)23/h4-10,14,19H,11-12H2,1-3H3. The summed E-state index contributed by atoms with van der Waals surface area (Å²) in [6.45, 7) is 6.10. The van der Waals surface area contributed by atoms with Gasteiger partial charge in [-0.15, -0.1) is 0 Å². The SMILES string of the molecule is CC(C)(C)OC(=O)N1CC(C(Oc2ccccc2F)c2ccc(Cl)c(F)c2)C1. The molecule has 1 unspecified atom stereocenters. The monoisotopic (exact) mass is 409 g/mol. The van der Waals surface area contributed by atoms with Crippen molar-refractivity contribution in [2.75, 3.05) is 13.1 Å². The number of benzene rings is 2. The van der Waals surface area contributed by atoms with Crippen LogP contribution in [0.3, 0.4) is 0 Å². The van der Waals surface area contributed by atoms with Crippen molar-refractivity contribution < 1.29 is 23.0 Å². The molecular weight excluding hydrogens is 388 g/mol. The molecule has 28 heavy (non-hydrogen) atoms. The zero-order valence-corrected chi connectivity index (χ0v) is 16.7. The number of hydrogen-bond acceptors (Lipinski definition) is 3.